The molecule has 0 saturated carbocycles. The lowest BCUT2D eigenvalue weighted by molar-refractivity contribution is -0.154. The number of unbranched alkanes of at least 4 members (excludes halogenated alkanes) is 1. The number of hydrogen-bond donors (Lipinski definition) is 9. The van der Waals surface area contributed by atoms with Gasteiger partial charge in [0.2, 0.25) is 23.6 Å². The van der Waals surface area contributed by atoms with Crippen LogP contribution in [0.4, 0.5) is 0 Å². The van der Waals surface area contributed by atoms with Gasteiger partial charge in [-0.3, -0.25) is 43.2 Å². The number of ether oxygens (including phenoxy) is 1. The number of rotatable bonds is 37. The van der Waals surface area contributed by atoms with Crippen molar-refractivity contribution in [3.05, 3.63) is 71.8 Å². The molecule has 0 saturated heterocycles. The lowest BCUT2D eigenvalue weighted by atomic mass is 9.89. The second kappa shape index (κ2) is 33.7. The number of Topliss-reactive ketones (excluding diaryl/α,β-unsaturated/α-hetero) is 2. The molecule has 2 aromatic rings. The van der Waals surface area contributed by atoms with Crippen LogP contribution in [0.25, 0.3) is 0 Å². The molecule has 74 heavy (non-hydrogen) atoms. The van der Waals surface area contributed by atoms with Crippen molar-refractivity contribution in [2.45, 2.75) is 113 Å². The van der Waals surface area contributed by atoms with Gasteiger partial charge in [-0.2, -0.15) is 11.8 Å². The van der Waals surface area contributed by atoms with Crippen LogP contribution in [0.15, 0.2) is 60.7 Å². The average molecular weight is 1070 g/mol. The zero-order valence-electron chi connectivity index (χ0n) is 41.7. The van der Waals surface area contributed by atoms with Crippen LogP contribution in [0.1, 0.15) is 75.3 Å². The van der Waals surface area contributed by atoms with Crippen molar-refractivity contribution < 1.29 is 77.9 Å². The third-order valence-corrected chi connectivity index (χ3v) is 12.6. The summed E-state index contributed by atoms with van der Waals surface area (Å²) in [6.07, 6.45) is -0.965. The molecular formula is C49H67N7O16S2. The minimum Gasteiger partial charge on any atom is -0.481 e. The summed E-state index contributed by atoms with van der Waals surface area (Å²) in [5.74, 6) is -9.83. The van der Waals surface area contributed by atoms with Gasteiger partial charge >= 0.3 is 23.9 Å². The molecule has 406 valence electrons. The number of thioether (sulfide) groups is 1. The van der Waals surface area contributed by atoms with E-state index in [-0.39, 0.29) is 100 Å². The molecule has 23 nitrogen and oxygen atoms in total. The first-order valence-corrected chi connectivity index (χ1v) is 25.4. The molecule has 0 spiro atoms. The van der Waals surface area contributed by atoms with E-state index in [9.17, 15) is 68.1 Å². The number of carboxylic acids is 4. The fourth-order valence-corrected chi connectivity index (χ4v) is 8.51. The molecule has 0 aromatic heterocycles. The lowest BCUT2D eigenvalue weighted by Gasteiger charge is -2.34. The summed E-state index contributed by atoms with van der Waals surface area (Å²) >= 11 is 6.25. The van der Waals surface area contributed by atoms with Crippen LogP contribution in [-0.4, -0.2) is 177 Å². The average Bonchev–Trinajstić information content (AvgIpc) is 3.36. The van der Waals surface area contributed by atoms with Crippen LogP contribution in [0.5, 0.6) is 0 Å². The van der Waals surface area contributed by atoms with Crippen LogP contribution in [0, 0.1) is 5.92 Å². The normalized spacial score (nSPS) is 13.7. The number of aliphatic carboxylic acids is 4. The molecular weight excluding hydrogens is 1010 g/mol. The first-order valence-electron chi connectivity index (χ1n) is 23.6. The standard InChI is InChI=1S/C49H67N7O16S2/c1-50-36(45(66)55(2)37(26-43(63)64)46(67)56(3)38(28-74-4)48(70)71)27-51-44(65)32(23-30-13-7-5-8-14-30)25-39(59)35(24-31-15-9-6-10-16-31)52-40(60)18-12-11-17-33(58)19-20-34(47(68)69)53-49(73)54-41(72-29-57)21-22-42(61)62/h5-10,13-16,29,32,34-38,41,50H,11-12,17-28H2,1-4H3,(H,51,65)(H,52,60)(H,61,62)(H,63,64)(H,68,69)(H,70,71)(H2,53,54,73)/t32-,34+,35+,36+,37?,38+,41-/m1/s1. The summed E-state index contributed by atoms with van der Waals surface area (Å²) in [5.41, 5.74) is 1.42. The minimum atomic E-state index is -1.60. The zero-order valence-corrected chi connectivity index (χ0v) is 43.3. The highest BCUT2D eigenvalue weighted by molar-refractivity contribution is 7.98. The predicted molar refractivity (Wildman–Crippen MR) is 273 cm³/mol. The topological polar surface area (TPSA) is 345 Å². The molecule has 2 aromatic carbocycles. The van der Waals surface area contributed by atoms with Gasteiger partial charge < -0.3 is 61.5 Å². The fourth-order valence-electron chi connectivity index (χ4n) is 7.55. The summed E-state index contributed by atoms with van der Waals surface area (Å²) in [6.45, 7) is -0.278. The van der Waals surface area contributed by atoms with Gasteiger partial charge in [-0.1, -0.05) is 60.7 Å². The number of carbonyl (C=O) groups excluding carboxylic acids is 7. The van der Waals surface area contributed by atoms with Crippen molar-refractivity contribution in [1.82, 2.24) is 36.4 Å². The monoisotopic (exact) mass is 1070 g/mol. The molecule has 0 aliphatic rings. The largest absolute Gasteiger partial charge is 0.481 e. The van der Waals surface area contributed by atoms with E-state index >= 15 is 0 Å². The number of carboxylic acid groups (broad SMARTS) is 4. The van der Waals surface area contributed by atoms with Gasteiger partial charge in [-0.25, -0.2) is 9.59 Å². The maximum atomic E-state index is 14.3. The molecule has 9 N–H and O–H groups in total. The fraction of sp³-hybridized carbons (Fsp3) is 0.510. The second-order valence-electron chi connectivity index (χ2n) is 17.2. The van der Waals surface area contributed by atoms with Gasteiger partial charge in [0.05, 0.1) is 18.9 Å². The molecule has 0 radical (unpaired) electrons. The van der Waals surface area contributed by atoms with Crippen molar-refractivity contribution in [1.29, 1.82) is 0 Å². The summed E-state index contributed by atoms with van der Waals surface area (Å²) in [5, 5.41) is 51.1. The zero-order chi connectivity index (χ0) is 55.3. The highest BCUT2D eigenvalue weighted by Crippen LogP contribution is 2.18. The van der Waals surface area contributed by atoms with Crippen LogP contribution < -0.4 is 26.6 Å². The van der Waals surface area contributed by atoms with Crippen molar-refractivity contribution in [2.75, 3.05) is 39.7 Å². The Labute approximate surface area is 438 Å². The van der Waals surface area contributed by atoms with Gasteiger partial charge in [0.15, 0.2) is 17.1 Å². The number of benzene rings is 2. The number of likely N-dealkylation sites (N-methyl/N-ethyl adjacent to an activating group) is 3. The number of ketones is 2. The van der Waals surface area contributed by atoms with E-state index in [2.05, 4.69) is 26.6 Å². The highest BCUT2D eigenvalue weighted by atomic mass is 32.2. The molecule has 4 amide bonds. The van der Waals surface area contributed by atoms with Gasteiger partial charge in [0.1, 0.15) is 30.0 Å². The van der Waals surface area contributed by atoms with E-state index in [0.29, 0.717) is 11.1 Å². The van der Waals surface area contributed by atoms with Gasteiger partial charge in [0.25, 0.3) is 6.47 Å². The number of nitrogens with zero attached hydrogens (tertiary/aromatic N) is 2. The Kier molecular flexibility index (Phi) is 28.7. The van der Waals surface area contributed by atoms with E-state index < -0.39 is 102 Å². The molecule has 0 bridgehead atoms. The SMILES string of the molecule is CN[C@@H](CNC(=O)[C@@H](CC(=O)[C@H](Cc1ccccc1)NC(=O)CCCCC(=O)CC[C@H](NC(=S)N[C@@H](CCC(=O)O)OC=O)C(=O)O)Cc1ccccc1)C(=O)N(C)C(CC(=O)O)C(=O)N(C)[C@@H](CSC)C(=O)O. The Balaban J connectivity index is 2.16. The molecule has 1 unspecified atom stereocenters. The minimum absolute atomic E-state index is 0.000391. The number of thiocarbonyl (C=S) groups is 1. The number of hydrogen-bond acceptors (Lipinski definition) is 15. The highest BCUT2D eigenvalue weighted by Gasteiger charge is 2.38. The first-order chi connectivity index (χ1) is 35.1. The summed E-state index contributed by atoms with van der Waals surface area (Å²) in [4.78, 5) is 141. The van der Waals surface area contributed by atoms with Crippen LogP contribution >= 0.6 is 24.0 Å². The van der Waals surface area contributed by atoms with Gasteiger partial charge in [0, 0.05) is 64.4 Å². The second-order valence-corrected chi connectivity index (χ2v) is 18.5. The van der Waals surface area contributed by atoms with E-state index in [1.165, 1.54) is 21.1 Å². The Morgan fingerprint density at radius 1 is 0.676 bits per heavy atom. The molecule has 0 aliphatic carbocycles. The molecule has 25 heteroatoms. The quantitative estimate of drug-likeness (QED) is 0.0197. The Morgan fingerprint density at radius 2 is 1.27 bits per heavy atom. The Hall–Kier alpha value is -6.99. The van der Waals surface area contributed by atoms with Crippen molar-refractivity contribution >= 4 is 94.6 Å². The maximum absolute atomic E-state index is 14.3. The van der Waals surface area contributed by atoms with Gasteiger partial charge in [-0.05, 0) is 68.8 Å². The number of amides is 4. The van der Waals surface area contributed by atoms with E-state index in [0.717, 1.165) is 21.6 Å². The smallest absolute Gasteiger partial charge is 0.327 e. The van der Waals surface area contributed by atoms with Crippen molar-refractivity contribution in [3.63, 3.8) is 0 Å². The molecule has 0 aliphatic heterocycles. The van der Waals surface area contributed by atoms with Crippen LogP contribution in [0.3, 0.4) is 0 Å². The number of nitrogens with one attached hydrogen (secondary N) is 5. The molecule has 0 fully saturated rings. The van der Waals surface area contributed by atoms with Crippen molar-refractivity contribution in [2.24, 2.45) is 5.92 Å². The summed E-state index contributed by atoms with van der Waals surface area (Å²) in [6, 6.07) is 11.2. The molecule has 7 atom stereocenters. The third-order valence-electron chi connectivity index (χ3n) is 11.7. The Bertz CT molecular complexity index is 2240. The van der Waals surface area contributed by atoms with Crippen LogP contribution in [0.2, 0.25) is 0 Å². The van der Waals surface area contributed by atoms with Gasteiger partial charge in [-0.15, -0.1) is 0 Å². The van der Waals surface area contributed by atoms with E-state index in [4.69, 9.17) is 22.1 Å². The third kappa shape index (κ3) is 23.3. The summed E-state index contributed by atoms with van der Waals surface area (Å²) < 4.78 is 4.76. The summed E-state index contributed by atoms with van der Waals surface area (Å²) in [7, 11) is 3.83. The Morgan fingerprint density at radius 3 is 1.81 bits per heavy atom. The molecule has 2 rings (SSSR count). The predicted octanol–water partition coefficient (Wildman–Crippen LogP) is 1.00. The number of carbonyl (C=O) groups is 11. The maximum Gasteiger partial charge on any atom is 0.327 e. The first kappa shape index (κ1) is 63.1. The molecule has 0 heterocycles. The van der Waals surface area contributed by atoms with E-state index in [1.807, 2.05) is 0 Å². The van der Waals surface area contributed by atoms with E-state index in [1.54, 1.807) is 66.9 Å². The van der Waals surface area contributed by atoms with Crippen LogP contribution in [-0.2, 0) is 70.3 Å². The van der Waals surface area contributed by atoms with Crippen molar-refractivity contribution in [3.8, 4) is 0 Å². The lowest BCUT2D eigenvalue weighted by Crippen LogP contribution is -2.58.